The number of carbonyl (C=O) groups excluding carboxylic acids is 1. The summed E-state index contributed by atoms with van der Waals surface area (Å²) in [4.78, 5) is 24.8. The lowest BCUT2D eigenvalue weighted by Gasteiger charge is -2.07. The molecule has 128 valence electrons. The Balaban J connectivity index is 1.77. The van der Waals surface area contributed by atoms with Gasteiger partial charge in [0.15, 0.2) is 11.5 Å². The maximum absolute atomic E-state index is 12.4. The van der Waals surface area contributed by atoms with Crippen molar-refractivity contribution in [2.75, 3.05) is 5.32 Å². The Morgan fingerprint density at radius 3 is 2.77 bits per heavy atom. The number of aryl methyl sites for hydroxylation is 1. The summed E-state index contributed by atoms with van der Waals surface area (Å²) in [5, 5.41) is 8.00. The monoisotopic (exact) mass is 364 g/mol. The number of rotatable bonds is 3. The highest BCUT2D eigenvalue weighted by Gasteiger charge is 2.16. The average Bonchev–Trinajstić information content (AvgIpc) is 2.97. The van der Waals surface area contributed by atoms with Gasteiger partial charge in [0.2, 0.25) is 0 Å². The van der Waals surface area contributed by atoms with Crippen LogP contribution in [0.4, 0.5) is 5.82 Å². The molecule has 7 nitrogen and oxygen atoms in total. The van der Waals surface area contributed by atoms with Gasteiger partial charge in [-0.2, -0.15) is 9.61 Å². The number of fused-ring (bicyclic) bond motifs is 1. The molecule has 0 spiro atoms. The van der Waals surface area contributed by atoms with E-state index in [-0.39, 0.29) is 11.6 Å². The molecule has 1 N–H and O–H groups in total. The lowest BCUT2D eigenvalue weighted by Crippen LogP contribution is -2.16. The van der Waals surface area contributed by atoms with Gasteiger partial charge in [-0.05, 0) is 25.1 Å². The molecule has 0 saturated heterocycles. The quantitative estimate of drug-likeness (QED) is 0.602. The van der Waals surface area contributed by atoms with Gasteiger partial charge < -0.3 is 5.32 Å². The van der Waals surface area contributed by atoms with E-state index in [4.69, 9.17) is 11.6 Å². The van der Waals surface area contributed by atoms with E-state index in [2.05, 4.69) is 25.4 Å². The van der Waals surface area contributed by atoms with Crippen LogP contribution in [0.1, 0.15) is 16.2 Å². The minimum Gasteiger partial charge on any atom is -0.304 e. The molecule has 0 aliphatic carbocycles. The minimum absolute atomic E-state index is 0.212. The van der Waals surface area contributed by atoms with Gasteiger partial charge in [-0.1, -0.05) is 29.8 Å². The fourth-order valence-corrected chi connectivity index (χ4v) is 2.82. The highest BCUT2D eigenvalue weighted by Crippen LogP contribution is 2.27. The Hall–Kier alpha value is -3.32. The molecule has 0 radical (unpaired) electrons. The largest absolute Gasteiger partial charge is 0.304 e. The first-order valence-corrected chi connectivity index (χ1v) is 8.20. The van der Waals surface area contributed by atoms with Gasteiger partial charge in [-0.25, -0.2) is 9.97 Å². The van der Waals surface area contributed by atoms with Crippen molar-refractivity contribution in [3.05, 3.63) is 71.4 Å². The molecule has 1 amide bonds. The van der Waals surface area contributed by atoms with Gasteiger partial charge >= 0.3 is 0 Å². The van der Waals surface area contributed by atoms with Crippen LogP contribution in [0.3, 0.4) is 0 Å². The second-order valence-corrected chi connectivity index (χ2v) is 5.97. The molecule has 1 aromatic carbocycles. The van der Waals surface area contributed by atoms with Crippen molar-refractivity contribution in [1.82, 2.24) is 24.6 Å². The van der Waals surface area contributed by atoms with Crippen LogP contribution in [0.5, 0.6) is 0 Å². The zero-order valence-electron chi connectivity index (χ0n) is 13.7. The summed E-state index contributed by atoms with van der Waals surface area (Å²) in [5.74, 6) is 0.0949. The van der Waals surface area contributed by atoms with E-state index in [0.29, 0.717) is 27.9 Å². The molecular weight excluding hydrogens is 352 g/mol. The number of imidazole rings is 1. The number of halogens is 1. The highest BCUT2D eigenvalue weighted by molar-refractivity contribution is 6.33. The van der Waals surface area contributed by atoms with Crippen molar-refractivity contribution in [1.29, 1.82) is 0 Å². The molecular formula is C18H13ClN6O. The Morgan fingerprint density at radius 1 is 1.15 bits per heavy atom. The predicted molar refractivity (Wildman–Crippen MR) is 98.2 cm³/mol. The molecule has 3 aromatic heterocycles. The van der Waals surface area contributed by atoms with E-state index >= 15 is 0 Å². The van der Waals surface area contributed by atoms with Crippen molar-refractivity contribution in [3.63, 3.8) is 0 Å². The van der Waals surface area contributed by atoms with Crippen LogP contribution in [-0.4, -0.2) is 30.5 Å². The number of nitrogens with one attached hydrogen (secondary N) is 1. The molecule has 0 aliphatic heterocycles. The van der Waals surface area contributed by atoms with Crippen LogP contribution in [0.15, 0.2) is 55.0 Å². The standard InChI is InChI=1S/C18H13ClN6O/c1-11-17(23-18(26)15-10-20-8-9-21-15)25-16(22-11)7-6-14(24-25)12-4-2-3-5-13(12)19/h2-10H,1H3,(H,23,26). The summed E-state index contributed by atoms with van der Waals surface area (Å²) in [6.07, 6.45) is 4.37. The van der Waals surface area contributed by atoms with Crippen LogP contribution < -0.4 is 5.32 Å². The van der Waals surface area contributed by atoms with Crippen molar-refractivity contribution < 1.29 is 4.79 Å². The number of hydrogen-bond acceptors (Lipinski definition) is 5. The second-order valence-electron chi connectivity index (χ2n) is 5.56. The van der Waals surface area contributed by atoms with Crippen LogP contribution in [-0.2, 0) is 0 Å². The van der Waals surface area contributed by atoms with E-state index in [9.17, 15) is 4.79 Å². The van der Waals surface area contributed by atoms with E-state index in [1.54, 1.807) is 17.5 Å². The van der Waals surface area contributed by atoms with Crippen molar-refractivity contribution in [3.8, 4) is 11.3 Å². The van der Waals surface area contributed by atoms with Crippen molar-refractivity contribution >= 4 is 29.0 Å². The van der Waals surface area contributed by atoms with Gasteiger partial charge in [0.05, 0.1) is 22.6 Å². The Labute approximate surface area is 153 Å². The molecule has 3 heterocycles. The van der Waals surface area contributed by atoms with Gasteiger partial charge in [0.1, 0.15) is 5.69 Å². The fraction of sp³-hybridized carbons (Fsp3) is 0.0556. The zero-order chi connectivity index (χ0) is 18.1. The van der Waals surface area contributed by atoms with Crippen LogP contribution >= 0.6 is 11.6 Å². The van der Waals surface area contributed by atoms with Crippen molar-refractivity contribution in [2.45, 2.75) is 6.92 Å². The lowest BCUT2D eigenvalue weighted by molar-refractivity contribution is 0.102. The topological polar surface area (TPSA) is 85.1 Å². The Kier molecular flexibility index (Phi) is 4.06. The summed E-state index contributed by atoms with van der Waals surface area (Å²) in [5.41, 5.74) is 2.95. The molecule has 0 aliphatic rings. The number of nitrogens with zero attached hydrogens (tertiary/aromatic N) is 5. The smallest absolute Gasteiger partial charge is 0.277 e. The third-order valence-corrected chi connectivity index (χ3v) is 4.16. The first-order chi connectivity index (χ1) is 12.6. The first kappa shape index (κ1) is 16.2. The van der Waals surface area contributed by atoms with Crippen LogP contribution in [0, 0.1) is 6.92 Å². The first-order valence-electron chi connectivity index (χ1n) is 7.82. The number of hydrogen-bond donors (Lipinski definition) is 1. The fourth-order valence-electron chi connectivity index (χ4n) is 2.59. The number of amides is 1. The van der Waals surface area contributed by atoms with Gasteiger partial charge in [-0.3, -0.25) is 9.78 Å². The maximum atomic E-state index is 12.4. The Morgan fingerprint density at radius 2 is 2.00 bits per heavy atom. The molecule has 0 atom stereocenters. The number of aromatic nitrogens is 5. The van der Waals surface area contributed by atoms with Gasteiger partial charge in [0.25, 0.3) is 5.91 Å². The van der Waals surface area contributed by atoms with E-state index in [1.165, 1.54) is 18.6 Å². The molecule has 0 unspecified atom stereocenters. The third-order valence-electron chi connectivity index (χ3n) is 3.83. The maximum Gasteiger partial charge on any atom is 0.277 e. The average molecular weight is 365 g/mol. The summed E-state index contributed by atoms with van der Waals surface area (Å²) < 4.78 is 1.59. The third kappa shape index (κ3) is 2.89. The number of carbonyl (C=O) groups is 1. The molecule has 0 bridgehead atoms. The van der Waals surface area contributed by atoms with Gasteiger partial charge in [0, 0.05) is 18.0 Å². The number of anilines is 1. The summed E-state index contributed by atoms with van der Waals surface area (Å²) in [6.45, 7) is 1.80. The lowest BCUT2D eigenvalue weighted by atomic mass is 10.1. The molecule has 26 heavy (non-hydrogen) atoms. The van der Waals surface area contributed by atoms with Gasteiger partial charge in [-0.15, -0.1) is 0 Å². The molecule has 0 fully saturated rings. The summed E-state index contributed by atoms with van der Waals surface area (Å²) >= 11 is 6.27. The summed E-state index contributed by atoms with van der Waals surface area (Å²) in [6, 6.07) is 11.1. The molecule has 8 heteroatoms. The molecule has 4 rings (SSSR count). The SMILES string of the molecule is Cc1nc2ccc(-c3ccccc3Cl)nn2c1NC(=O)c1cnccn1. The Bertz CT molecular complexity index is 1110. The van der Waals surface area contributed by atoms with E-state index in [1.807, 2.05) is 30.3 Å². The number of benzene rings is 1. The summed E-state index contributed by atoms with van der Waals surface area (Å²) in [7, 11) is 0. The zero-order valence-corrected chi connectivity index (χ0v) is 14.5. The highest BCUT2D eigenvalue weighted by atomic mass is 35.5. The van der Waals surface area contributed by atoms with Crippen LogP contribution in [0.25, 0.3) is 16.9 Å². The van der Waals surface area contributed by atoms with Crippen LogP contribution in [0.2, 0.25) is 5.02 Å². The minimum atomic E-state index is -0.382. The van der Waals surface area contributed by atoms with E-state index in [0.717, 1.165) is 5.56 Å². The predicted octanol–water partition coefficient (Wildman–Crippen LogP) is 3.40. The van der Waals surface area contributed by atoms with Crippen molar-refractivity contribution in [2.24, 2.45) is 0 Å². The molecule has 4 aromatic rings. The normalized spacial score (nSPS) is 10.8. The second kappa shape index (κ2) is 6.53. The molecule has 0 saturated carbocycles. The van der Waals surface area contributed by atoms with E-state index < -0.39 is 0 Å².